The van der Waals surface area contributed by atoms with E-state index in [1.165, 1.54) is 0 Å². The fourth-order valence-corrected chi connectivity index (χ4v) is 2.99. The molecular weight excluding hydrogens is 240 g/mol. The van der Waals surface area contributed by atoms with E-state index in [0.717, 1.165) is 25.0 Å². The third-order valence-corrected chi connectivity index (χ3v) is 4.33. The van der Waals surface area contributed by atoms with Gasteiger partial charge in [-0.2, -0.15) is 9.13 Å². The fourth-order valence-electron chi connectivity index (χ4n) is 2.99. The first-order valence-corrected chi connectivity index (χ1v) is 7.11. The number of imidazole rings is 1. The Bertz CT molecular complexity index is 461. The molecule has 0 radical (unpaired) electrons. The third kappa shape index (κ3) is 1.84. The van der Waals surface area contributed by atoms with Gasteiger partial charge in [-0.3, -0.25) is 0 Å². The van der Waals surface area contributed by atoms with E-state index in [2.05, 4.69) is 57.0 Å². The average Bonchev–Trinajstić information content (AvgIpc) is 2.80. The van der Waals surface area contributed by atoms with Gasteiger partial charge in [0.1, 0.15) is 25.3 Å². The van der Waals surface area contributed by atoms with E-state index >= 15 is 0 Å². The monoisotopic (exact) mass is 265 g/mol. The van der Waals surface area contributed by atoms with E-state index in [1.54, 1.807) is 0 Å². The van der Waals surface area contributed by atoms with E-state index in [9.17, 15) is 0 Å². The Balaban J connectivity index is 2.02. The molecule has 0 saturated carbocycles. The average molecular weight is 265 g/mol. The summed E-state index contributed by atoms with van der Waals surface area (Å²) < 4.78 is 16.3. The van der Waals surface area contributed by atoms with Crippen LogP contribution in [0.4, 0.5) is 0 Å². The molecule has 19 heavy (non-hydrogen) atoms. The van der Waals surface area contributed by atoms with Crippen LogP contribution in [0.25, 0.3) is 0 Å². The van der Waals surface area contributed by atoms with Crippen molar-refractivity contribution >= 4 is 0 Å². The first kappa shape index (κ1) is 12.8. The van der Waals surface area contributed by atoms with Crippen molar-refractivity contribution in [2.24, 2.45) is 10.8 Å². The van der Waals surface area contributed by atoms with Crippen molar-refractivity contribution in [1.82, 2.24) is 4.57 Å². The number of fused-ring (bicyclic) bond motifs is 3. The maximum atomic E-state index is 5.90. The molecule has 0 aromatic carbocycles. The first-order valence-electron chi connectivity index (χ1n) is 7.11. The van der Waals surface area contributed by atoms with Gasteiger partial charge in [-0.05, 0) is 0 Å². The quantitative estimate of drug-likeness (QED) is 0.674. The summed E-state index contributed by atoms with van der Waals surface area (Å²) in [5.41, 5.74) is 0.381. The summed E-state index contributed by atoms with van der Waals surface area (Å²) in [6.07, 6.45) is 2.19. The molecule has 0 bridgehead atoms. The van der Waals surface area contributed by atoms with Crippen molar-refractivity contribution in [2.75, 3.05) is 13.2 Å². The second-order valence-corrected chi connectivity index (χ2v) is 7.93. The number of rotatable bonds is 0. The van der Waals surface area contributed by atoms with Crippen molar-refractivity contribution in [2.45, 2.75) is 53.6 Å². The van der Waals surface area contributed by atoms with Gasteiger partial charge in [0.05, 0.1) is 0 Å². The maximum absolute atomic E-state index is 5.90. The molecule has 1 aromatic heterocycles. The molecule has 0 fully saturated rings. The topological polar surface area (TPSA) is 27.3 Å². The molecule has 3 heterocycles. The molecule has 0 saturated heterocycles. The SMILES string of the molecule is CC(C)(C)[C@H]1COc2c3[n+](cn21)[C@@H](C(C)(C)C)CO3. The van der Waals surface area contributed by atoms with Crippen molar-refractivity contribution in [3.8, 4) is 11.8 Å². The minimum absolute atomic E-state index is 0.190. The largest absolute Gasteiger partial charge is 0.452 e. The van der Waals surface area contributed by atoms with E-state index in [1.807, 2.05) is 0 Å². The zero-order chi connectivity index (χ0) is 14.0. The molecule has 0 amide bonds. The lowest BCUT2D eigenvalue weighted by Crippen LogP contribution is -2.43. The van der Waals surface area contributed by atoms with Crippen LogP contribution in [-0.4, -0.2) is 17.8 Å². The molecule has 4 heteroatoms. The molecule has 0 unspecified atom stereocenters. The molecule has 3 rings (SSSR count). The van der Waals surface area contributed by atoms with Gasteiger partial charge < -0.3 is 9.47 Å². The van der Waals surface area contributed by atoms with Crippen LogP contribution in [0.1, 0.15) is 53.6 Å². The van der Waals surface area contributed by atoms with E-state index in [4.69, 9.17) is 9.47 Å². The standard InChI is InChI=1S/C15H25N2O2/c1-14(2,3)10-7-18-12-13-17(9-16(10)12)11(8-19-13)15(4,5)6/h9-11H,7-8H2,1-6H3/q+1/t10-,11-/m1/s1. The number of hydrogen-bond donors (Lipinski definition) is 0. The molecule has 2 aliphatic rings. The van der Waals surface area contributed by atoms with Gasteiger partial charge in [0, 0.05) is 10.8 Å². The molecular formula is C15H25N2O2+. The predicted octanol–water partition coefficient (Wildman–Crippen LogP) is 2.73. The highest BCUT2D eigenvalue weighted by molar-refractivity contribution is 5.27. The van der Waals surface area contributed by atoms with Crippen molar-refractivity contribution in [1.29, 1.82) is 0 Å². The number of hydrogen-bond acceptors (Lipinski definition) is 2. The minimum Gasteiger partial charge on any atom is -0.452 e. The Morgan fingerprint density at radius 1 is 1.05 bits per heavy atom. The van der Waals surface area contributed by atoms with E-state index in [0.29, 0.717) is 12.1 Å². The fraction of sp³-hybridized carbons (Fsp3) is 0.800. The highest BCUT2D eigenvalue weighted by Gasteiger charge is 2.49. The van der Waals surface area contributed by atoms with E-state index < -0.39 is 0 Å². The zero-order valence-electron chi connectivity index (χ0n) is 12.9. The van der Waals surface area contributed by atoms with Crippen LogP contribution < -0.4 is 14.0 Å². The van der Waals surface area contributed by atoms with Gasteiger partial charge in [-0.25, -0.2) is 0 Å². The molecule has 1 aromatic rings. The van der Waals surface area contributed by atoms with Gasteiger partial charge in [0.25, 0.3) is 6.33 Å². The molecule has 2 atom stereocenters. The summed E-state index contributed by atoms with van der Waals surface area (Å²) in [7, 11) is 0. The highest BCUT2D eigenvalue weighted by atomic mass is 16.5. The predicted molar refractivity (Wildman–Crippen MR) is 72.6 cm³/mol. The second-order valence-electron chi connectivity index (χ2n) is 7.93. The number of aromatic nitrogens is 2. The minimum atomic E-state index is 0.190. The third-order valence-electron chi connectivity index (χ3n) is 4.33. The molecule has 0 aliphatic carbocycles. The lowest BCUT2D eigenvalue weighted by Gasteiger charge is -2.24. The maximum Gasteiger partial charge on any atom is 0.373 e. The van der Waals surface area contributed by atoms with Gasteiger partial charge in [0.2, 0.25) is 0 Å². The van der Waals surface area contributed by atoms with Crippen LogP contribution in [0.2, 0.25) is 0 Å². The summed E-state index contributed by atoms with van der Waals surface area (Å²) in [6, 6.07) is 0.759. The zero-order valence-corrected chi connectivity index (χ0v) is 12.9. The van der Waals surface area contributed by atoms with Crippen LogP contribution in [0.5, 0.6) is 11.8 Å². The Morgan fingerprint density at radius 3 is 2.32 bits per heavy atom. The number of nitrogens with zero attached hydrogens (tertiary/aromatic N) is 2. The van der Waals surface area contributed by atoms with Gasteiger partial charge in [0.15, 0.2) is 0 Å². The van der Waals surface area contributed by atoms with E-state index in [-0.39, 0.29) is 10.8 Å². The summed E-state index contributed by atoms with van der Waals surface area (Å²) in [5, 5.41) is 0. The summed E-state index contributed by atoms with van der Waals surface area (Å²) >= 11 is 0. The molecule has 0 N–H and O–H groups in total. The van der Waals surface area contributed by atoms with Crippen LogP contribution >= 0.6 is 0 Å². The summed E-state index contributed by atoms with van der Waals surface area (Å²) in [5.74, 6) is 1.82. The summed E-state index contributed by atoms with van der Waals surface area (Å²) in [6.45, 7) is 15.0. The van der Waals surface area contributed by atoms with Crippen LogP contribution in [0.3, 0.4) is 0 Å². The molecule has 0 spiro atoms. The lowest BCUT2D eigenvalue weighted by molar-refractivity contribution is -0.717. The van der Waals surface area contributed by atoms with Gasteiger partial charge in [-0.15, -0.1) is 0 Å². The number of ether oxygens (including phenoxy) is 2. The smallest absolute Gasteiger partial charge is 0.373 e. The molecule has 2 aliphatic heterocycles. The summed E-state index contributed by atoms with van der Waals surface area (Å²) in [4.78, 5) is 0. The Morgan fingerprint density at radius 2 is 1.74 bits per heavy atom. The normalized spacial score (nSPS) is 25.8. The Hall–Kier alpha value is -1.19. The van der Waals surface area contributed by atoms with Crippen LogP contribution in [0, 0.1) is 10.8 Å². The van der Waals surface area contributed by atoms with Crippen molar-refractivity contribution in [3.63, 3.8) is 0 Å². The first-order chi connectivity index (χ1) is 8.69. The van der Waals surface area contributed by atoms with Crippen LogP contribution in [-0.2, 0) is 0 Å². The highest BCUT2D eigenvalue weighted by Crippen LogP contribution is 2.45. The lowest BCUT2D eigenvalue weighted by atomic mass is 9.87. The van der Waals surface area contributed by atoms with Crippen molar-refractivity contribution in [3.05, 3.63) is 6.33 Å². The molecule has 4 nitrogen and oxygen atoms in total. The Kier molecular flexibility index (Phi) is 2.48. The van der Waals surface area contributed by atoms with Crippen LogP contribution in [0.15, 0.2) is 6.33 Å². The molecule has 106 valence electrons. The van der Waals surface area contributed by atoms with Gasteiger partial charge >= 0.3 is 11.8 Å². The Labute approximate surface area is 115 Å². The second kappa shape index (κ2) is 3.68. The van der Waals surface area contributed by atoms with Crippen molar-refractivity contribution < 1.29 is 14.0 Å². The van der Waals surface area contributed by atoms with Gasteiger partial charge in [-0.1, -0.05) is 41.5 Å².